The van der Waals surface area contributed by atoms with Gasteiger partial charge in [0.05, 0.1) is 17.4 Å². The summed E-state index contributed by atoms with van der Waals surface area (Å²) in [7, 11) is 1.99. The first kappa shape index (κ1) is 15.1. The number of hydrogen-bond donors (Lipinski definition) is 1. The summed E-state index contributed by atoms with van der Waals surface area (Å²) in [4.78, 5) is 0. The zero-order valence-electron chi connectivity index (χ0n) is 13.8. The van der Waals surface area contributed by atoms with Gasteiger partial charge in [0, 0.05) is 23.5 Å². The number of benzene rings is 1. The Morgan fingerprint density at radius 1 is 1.29 bits per heavy atom. The monoisotopic (exact) mass is 322 g/mol. The molecule has 1 N–H and O–H groups in total. The molecule has 2 heterocycles. The molecule has 1 aliphatic rings. The fourth-order valence-electron chi connectivity index (χ4n) is 3.17. The zero-order chi connectivity index (χ0) is 16.7. The predicted octanol–water partition coefficient (Wildman–Crippen LogP) is 3.82. The van der Waals surface area contributed by atoms with E-state index >= 15 is 0 Å². The van der Waals surface area contributed by atoms with Gasteiger partial charge < -0.3 is 9.98 Å². The molecule has 0 saturated heterocycles. The number of nitrogens with one attached hydrogen (secondary N) is 1. The van der Waals surface area contributed by atoms with E-state index < -0.39 is 0 Å². The van der Waals surface area contributed by atoms with Crippen LogP contribution >= 0.6 is 0 Å². The first-order valence-corrected chi connectivity index (χ1v) is 8.40. The second-order valence-electron chi connectivity index (χ2n) is 6.83. The standard InChI is InChI=1S/C20H21FN3/c1-23-8-7-20-17(12-23)6-9-24(20)13-16-5-4-15(11-18(16)21)19(22)10-14-2-3-14/h4-9,11-12,14,22H,2-3,10,13H2,1H3/q+1. The Labute approximate surface area is 140 Å². The molecule has 1 aromatic carbocycles. The van der Waals surface area contributed by atoms with Crippen LogP contribution in [-0.4, -0.2) is 10.3 Å². The van der Waals surface area contributed by atoms with Crippen molar-refractivity contribution in [1.82, 2.24) is 4.57 Å². The van der Waals surface area contributed by atoms with Crippen molar-refractivity contribution >= 4 is 16.6 Å². The molecule has 0 amide bonds. The fraction of sp³-hybridized carbons (Fsp3) is 0.300. The minimum Gasteiger partial charge on any atom is -0.343 e. The summed E-state index contributed by atoms with van der Waals surface area (Å²) < 4.78 is 18.6. The third-order valence-electron chi connectivity index (χ3n) is 4.78. The number of aryl methyl sites for hydroxylation is 1. The Balaban J connectivity index is 1.58. The summed E-state index contributed by atoms with van der Waals surface area (Å²) in [5, 5.41) is 9.26. The summed E-state index contributed by atoms with van der Waals surface area (Å²) in [6.07, 6.45) is 9.25. The van der Waals surface area contributed by atoms with Crippen molar-refractivity contribution in [3.05, 3.63) is 65.9 Å². The van der Waals surface area contributed by atoms with Crippen molar-refractivity contribution in [2.75, 3.05) is 0 Å². The first-order chi connectivity index (χ1) is 11.6. The van der Waals surface area contributed by atoms with E-state index in [0.717, 1.165) is 17.3 Å². The van der Waals surface area contributed by atoms with Crippen molar-refractivity contribution in [1.29, 1.82) is 5.41 Å². The average molecular weight is 322 g/mol. The molecule has 3 aromatic rings. The van der Waals surface area contributed by atoms with E-state index in [2.05, 4.69) is 10.8 Å². The molecule has 0 bridgehead atoms. The Kier molecular flexibility index (Phi) is 3.68. The van der Waals surface area contributed by atoms with Gasteiger partial charge in [-0.2, -0.15) is 0 Å². The van der Waals surface area contributed by atoms with Crippen LogP contribution < -0.4 is 4.57 Å². The Hall–Kier alpha value is -2.49. The number of halogens is 1. The maximum Gasteiger partial charge on any atom is 0.177 e. The van der Waals surface area contributed by atoms with Crippen molar-refractivity contribution in [2.45, 2.75) is 25.8 Å². The van der Waals surface area contributed by atoms with Gasteiger partial charge >= 0.3 is 0 Å². The predicted molar refractivity (Wildman–Crippen MR) is 92.8 cm³/mol. The molecule has 0 unspecified atom stereocenters. The third kappa shape index (κ3) is 2.96. The van der Waals surface area contributed by atoms with Crippen LogP contribution in [0, 0.1) is 17.1 Å². The molecule has 0 aliphatic heterocycles. The molecule has 1 aliphatic carbocycles. The number of rotatable bonds is 5. The van der Waals surface area contributed by atoms with Crippen LogP contribution in [0.25, 0.3) is 10.9 Å². The van der Waals surface area contributed by atoms with Crippen LogP contribution in [0.15, 0.2) is 48.9 Å². The molecule has 4 heteroatoms. The lowest BCUT2D eigenvalue weighted by molar-refractivity contribution is -0.670. The molecule has 1 saturated carbocycles. The fourth-order valence-corrected chi connectivity index (χ4v) is 3.17. The summed E-state index contributed by atoms with van der Waals surface area (Å²) in [6.45, 7) is 0.499. The summed E-state index contributed by atoms with van der Waals surface area (Å²) in [5.74, 6) is 0.421. The van der Waals surface area contributed by atoms with Crippen molar-refractivity contribution in [3.8, 4) is 0 Å². The molecular formula is C20H21FN3+. The van der Waals surface area contributed by atoms with E-state index in [1.54, 1.807) is 0 Å². The molecule has 0 atom stereocenters. The lowest BCUT2D eigenvalue weighted by atomic mass is 10.0. The average Bonchev–Trinajstić information content (AvgIpc) is 3.29. The number of nitrogens with zero attached hydrogens (tertiary/aromatic N) is 2. The van der Waals surface area contributed by atoms with Crippen molar-refractivity contribution < 1.29 is 8.96 Å². The van der Waals surface area contributed by atoms with Crippen LogP contribution in [0.3, 0.4) is 0 Å². The number of fused-ring (bicyclic) bond motifs is 1. The largest absolute Gasteiger partial charge is 0.343 e. The highest BCUT2D eigenvalue weighted by molar-refractivity contribution is 5.98. The van der Waals surface area contributed by atoms with E-state index in [1.165, 1.54) is 18.9 Å². The molecule has 24 heavy (non-hydrogen) atoms. The molecule has 3 nitrogen and oxygen atoms in total. The maximum atomic E-state index is 14.5. The van der Waals surface area contributed by atoms with E-state index in [4.69, 9.17) is 5.41 Å². The van der Waals surface area contributed by atoms with Gasteiger partial charge in [-0.3, -0.25) is 0 Å². The Morgan fingerprint density at radius 3 is 2.88 bits per heavy atom. The number of aromatic nitrogens is 2. The van der Waals surface area contributed by atoms with Crippen LogP contribution in [0.4, 0.5) is 4.39 Å². The van der Waals surface area contributed by atoms with Crippen LogP contribution in [-0.2, 0) is 13.6 Å². The Morgan fingerprint density at radius 2 is 2.12 bits per heavy atom. The number of pyridine rings is 1. The lowest BCUT2D eigenvalue weighted by Crippen LogP contribution is -2.25. The second-order valence-corrected chi connectivity index (χ2v) is 6.83. The molecule has 1 fully saturated rings. The van der Waals surface area contributed by atoms with Gasteiger partial charge in [-0.25, -0.2) is 8.96 Å². The van der Waals surface area contributed by atoms with E-state index in [0.29, 0.717) is 29.3 Å². The molecule has 122 valence electrons. The topological polar surface area (TPSA) is 32.7 Å². The molecule has 4 rings (SSSR count). The van der Waals surface area contributed by atoms with Gasteiger partial charge in [0.2, 0.25) is 0 Å². The zero-order valence-corrected chi connectivity index (χ0v) is 13.8. The van der Waals surface area contributed by atoms with Crippen molar-refractivity contribution in [2.24, 2.45) is 13.0 Å². The highest BCUT2D eigenvalue weighted by Crippen LogP contribution is 2.33. The summed E-state index contributed by atoms with van der Waals surface area (Å²) in [5.41, 5.74) is 3.02. The van der Waals surface area contributed by atoms with Gasteiger partial charge in [-0.15, -0.1) is 0 Å². The van der Waals surface area contributed by atoms with Gasteiger partial charge in [-0.1, -0.05) is 12.1 Å². The van der Waals surface area contributed by atoms with Gasteiger partial charge in [0.1, 0.15) is 12.9 Å². The normalized spacial score (nSPS) is 14.2. The minimum atomic E-state index is -0.226. The van der Waals surface area contributed by atoms with Crippen LogP contribution in [0.2, 0.25) is 0 Å². The van der Waals surface area contributed by atoms with E-state index in [9.17, 15) is 4.39 Å². The van der Waals surface area contributed by atoms with Crippen LogP contribution in [0.5, 0.6) is 0 Å². The molecule has 0 spiro atoms. The summed E-state index contributed by atoms with van der Waals surface area (Å²) in [6, 6.07) is 9.32. The smallest absolute Gasteiger partial charge is 0.177 e. The first-order valence-electron chi connectivity index (χ1n) is 8.40. The SMILES string of the molecule is C[n+]1ccc2c(ccn2Cc2ccc(C(=N)CC3CC3)cc2F)c1. The molecule has 2 aromatic heterocycles. The van der Waals surface area contributed by atoms with Crippen LogP contribution in [0.1, 0.15) is 30.4 Å². The highest BCUT2D eigenvalue weighted by atomic mass is 19.1. The molecular weight excluding hydrogens is 301 g/mol. The quantitative estimate of drug-likeness (QED) is 0.547. The summed E-state index contributed by atoms with van der Waals surface area (Å²) >= 11 is 0. The molecule has 0 radical (unpaired) electrons. The third-order valence-corrected chi connectivity index (χ3v) is 4.78. The number of hydrogen-bond acceptors (Lipinski definition) is 1. The second kappa shape index (κ2) is 5.86. The van der Waals surface area contributed by atoms with Gasteiger partial charge in [-0.05, 0) is 42.9 Å². The van der Waals surface area contributed by atoms with Gasteiger partial charge in [0.15, 0.2) is 12.4 Å². The maximum absolute atomic E-state index is 14.5. The van der Waals surface area contributed by atoms with E-state index in [1.807, 2.05) is 48.3 Å². The van der Waals surface area contributed by atoms with Gasteiger partial charge in [0.25, 0.3) is 0 Å². The van der Waals surface area contributed by atoms with E-state index in [-0.39, 0.29) is 5.82 Å². The Bertz CT molecular complexity index is 922. The minimum absolute atomic E-state index is 0.226. The lowest BCUT2D eigenvalue weighted by Gasteiger charge is -2.09. The van der Waals surface area contributed by atoms with Crippen molar-refractivity contribution in [3.63, 3.8) is 0 Å². The highest BCUT2D eigenvalue weighted by Gasteiger charge is 2.23.